The monoisotopic (exact) mass is 335 g/mol. The van der Waals surface area contributed by atoms with Crippen molar-refractivity contribution in [1.29, 1.82) is 0 Å². The van der Waals surface area contributed by atoms with Crippen LogP contribution in [0.5, 0.6) is 5.75 Å². The molecule has 22 heavy (non-hydrogen) atoms. The number of benzene rings is 1. The second-order valence-corrected chi connectivity index (χ2v) is 5.09. The Morgan fingerprint density at radius 1 is 1.27 bits per heavy atom. The lowest BCUT2D eigenvalue weighted by Crippen LogP contribution is -2.60. The lowest BCUT2D eigenvalue weighted by atomic mass is 9.99. The Morgan fingerprint density at radius 2 is 1.95 bits per heavy atom. The molecule has 1 fully saturated rings. The lowest BCUT2D eigenvalue weighted by Gasteiger charge is -2.39. The van der Waals surface area contributed by atoms with Crippen LogP contribution in [0.2, 0.25) is 5.02 Å². The van der Waals surface area contributed by atoms with Crippen LogP contribution in [0.1, 0.15) is 0 Å². The van der Waals surface area contributed by atoms with Crippen LogP contribution in [0.15, 0.2) is 18.2 Å². The Labute approximate surface area is 129 Å². The van der Waals surface area contributed by atoms with Crippen LogP contribution in [-0.2, 0) is 4.74 Å². The quantitative estimate of drug-likeness (QED) is 0.423. The third-order valence-electron chi connectivity index (χ3n) is 3.22. The number of halogens is 1. The number of nitro benzene ring substituents is 1. The summed E-state index contributed by atoms with van der Waals surface area (Å²) in [5.74, 6) is -0.0170. The van der Waals surface area contributed by atoms with E-state index in [2.05, 4.69) is 0 Å². The summed E-state index contributed by atoms with van der Waals surface area (Å²) in [6.07, 6.45) is -7.22. The Hall–Kier alpha value is -1.49. The third-order valence-corrected chi connectivity index (χ3v) is 3.51. The van der Waals surface area contributed by atoms with E-state index in [0.29, 0.717) is 0 Å². The molecule has 0 bridgehead atoms. The van der Waals surface area contributed by atoms with Gasteiger partial charge in [-0.15, -0.1) is 0 Å². The van der Waals surface area contributed by atoms with Gasteiger partial charge in [-0.2, -0.15) is 0 Å². The molecule has 4 N–H and O–H groups in total. The number of nitro groups is 1. The minimum atomic E-state index is -1.59. The van der Waals surface area contributed by atoms with Gasteiger partial charge in [-0.3, -0.25) is 10.1 Å². The molecule has 9 nitrogen and oxygen atoms in total. The predicted octanol–water partition coefficient (Wildman–Crippen LogP) is -0.573. The zero-order chi connectivity index (χ0) is 16.4. The highest BCUT2D eigenvalue weighted by Gasteiger charge is 2.44. The van der Waals surface area contributed by atoms with Crippen LogP contribution in [0.3, 0.4) is 0 Å². The minimum Gasteiger partial charge on any atom is -0.460 e. The van der Waals surface area contributed by atoms with Crippen LogP contribution in [0.25, 0.3) is 0 Å². The van der Waals surface area contributed by atoms with Crippen LogP contribution in [0, 0.1) is 10.1 Å². The predicted molar refractivity (Wildman–Crippen MR) is 72.5 cm³/mol. The molecule has 0 radical (unpaired) electrons. The van der Waals surface area contributed by atoms with Crippen LogP contribution >= 0.6 is 11.6 Å². The average molecular weight is 336 g/mol. The number of hydrogen-bond acceptors (Lipinski definition) is 8. The van der Waals surface area contributed by atoms with Gasteiger partial charge in [0.15, 0.2) is 0 Å². The molecule has 1 saturated heterocycles. The first-order chi connectivity index (χ1) is 10.3. The van der Waals surface area contributed by atoms with E-state index < -0.39 is 42.2 Å². The minimum absolute atomic E-state index is 0.0170. The number of nitrogens with zero attached hydrogens (tertiary/aromatic N) is 1. The normalized spacial score (nSPS) is 31.8. The van der Waals surface area contributed by atoms with Crippen molar-refractivity contribution in [1.82, 2.24) is 0 Å². The summed E-state index contributed by atoms with van der Waals surface area (Å²) in [6, 6.07) is 3.41. The maximum atomic E-state index is 10.6. The fraction of sp³-hybridized carbons (Fsp3) is 0.500. The molecular weight excluding hydrogens is 322 g/mol. The number of aliphatic hydroxyl groups is 4. The Bertz CT molecular complexity index is 554. The van der Waals surface area contributed by atoms with Gasteiger partial charge in [-0.1, -0.05) is 11.6 Å². The first-order valence-corrected chi connectivity index (χ1v) is 6.64. The number of non-ortho nitro benzene ring substituents is 1. The molecule has 0 aromatic heterocycles. The summed E-state index contributed by atoms with van der Waals surface area (Å²) in [7, 11) is 0. The standard InChI is InChI=1S/C12H14ClNO8/c13-6-3-5(14(19)20)1-2-7(6)21-12-11(18)10(17)9(16)8(4-15)22-12/h1-3,8-12,15-18H,4H2. The van der Waals surface area contributed by atoms with Crippen LogP contribution < -0.4 is 4.74 Å². The molecule has 122 valence electrons. The fourth-order valence-electron chi connectivity index (χ4n) is 1.99. The van der Waals surface area contributed by atoms with Crippen molar-refractivity contribution in [2.45, 2.75) is 30.7 Å². The van der Waals surface area contributed by atoms with E-state index in [4.69, 9.17) is 26.2 Å². The number of rotatable bonds is 4. The SMILES string of the molecule is O=[N+]([O-])c1ccc(OC2OC(CO)C(O)C(O)C2O)c(Cl)c1. The first-order valence-electron chi connectivity index (χ1n) is 6.26. The average Bonchev–Trinajstić information content (AvgIpc) is 2.49. The molecule has 1 aliphatic rings. The largest absolute Gasteiger partial charge is 0.460 e. The highest BCUT2D eigenvalue weighted by Crippen LogP contribution is 2.31. The van der Waals surface area contributed by atoms with E-state index in [1.165, 1.54) is 6.07 Å². The molecule has 1 aliphatic heterocycles. The Balaban J connectivity index is 2.17. The molecule has 1 aromatic rings. The van der Waals surface area contributed by atoms with Gasteiger partial charge >= 0.3 is 0 Å². The molecule has 0 aliphatic carbocycles. The first kappa shape index (κ1) is 16.9. The summed E-state index contributed by atoms with van der Waals surface area (Å²) in [5.41, 5.74) is -0.244. The second-order valence-electron chi connectivity index (χ2n) is 4.69. The molecule has 10 heteroatoms. The van der Waals surface area contributed by atoms with Crippen molar-refractivity contribution in [3.05, 3.63) is 33.3 Å². The molecule has 0 amide bonds. The third kappa shape index (κ3) is 3.29. The molecule has 0 saturated carbocycles. The van der Waals surface area contributed by atoms with Gasteiger partial charge in [-0.05, 0) is 6.07 Å². The van der Waals surface area contributed by atoms with E-state index in [9.17, 15) is 25.4 Å². The highest BCUT2D eigenvalue weighted by atomic mass is 35.5. The van der Waals surface area contributed by atoms with Gasteiger partial charge in [-0.25, -0.2) is 0 Å². The number of ether oxygens (including phenoxy) is 2. The van der Waals surface area contributed by atoms with Crippen molar-refractivity contribution in [3.8, 4) is 5.75 Å². The van der Waals surface area contributed by atoms with Gasteiger partial charge in [0, 0.05) is 12.1 Å². The summed E-state index contributed by atoms with van der Waals surface area (Å²) >= 11 is 5.85. The van der Waals surface area contributed by atoms with E-state index in [1.54, 1.807) is 0 Å². The molecule has 2 rings (SSSR count). The number of hydrogen-bond donors (Lipinski definition) is 4. The van der Waals surface area contributed by atoms with Crippen molar-refractivity contribution < 1.29 is 34.8 Å². The molecule has 5 atom stereocenters. The lowest BCUT2D eigenvalue weighted by molar-refractivity contribution is -0.384. The van der Waals surface area contributed by atoms with E-state index in [1.807, 2.05) is 0 Å². The van der Waals surface area contributed by atoms with Gasteiger partial charge in [0.1, 0.15) is 30.2 Å². The summed E-state index contributed by atoms with van der Waals surface area (Å²) in [4.78, 5) is 9.98. The topological polar surface area (TPSA) is 143 Å². The van der Waals surface area contributed by atoms with Gasteiger partial charge in [0.2, 0.25) is 6.29 Å². The zero-order valence-corrected chi connectivity index (χ0v) is 11.8. The molecule has 0 spiro atoms. The smallest absolute Gasteiger partial charge is 0.271 e. The van der Waals surface area contributed by atoms with Gasteiger partial charge in [0.25, 0.3) is 5.69 Å². The second kappa shape index (κ2) is 6.73. The fourth-order valence-corrected chi connectivity index (χ4v) is 2.21. The van der Waals surface area contributed by atoms with Gasteiger partial charge in [0.05, 0.1) is 16.6 Å². The molecule has 1 aromatic carbocycles. The van der Waals surface area contributed by atoms with E-state index in [0.717, 1.165) is 12.1 Å². The molecular formula is C12H14ClNO8. The van der Waals surface area contributed by atoms with Gasteiger partial charge < -0.3 is 29.9 Å². The summed E-state index contributed by atoms with van der Waals surface area (Å²) < 4.78 is 10.4. The molecule has 5 unspecified atom stereocenters. The molecule has 1 heterocycles. The zero-order valence-electron chi connectivity index (χ0n) is 11.1. The van der Waals surface area contributed by atoms with Crippen molar-refractivity contribution in [2.24, 2.45) is 0 Å². The van der Waals surface area contributed by atoms with Crippen LogP contribution in [-0.4, -0.2) is 62.7 Å². The maximum Gasteiger partial charge on any atom is 0.271 e. The summed E-state index contributed by atoms with van der Waals surface area (Å²) in [6.45, 7) is -0.598. The number of aliphatic hydroxyl groups excluding tert-OH is 4. The van der Waals surface area contributed by atoms with Crippen molar-refractivity contribution in [3.63, 3.8) is 0 Å². The maximum absolute atomic E-state index is 10.6. The van der Waals surface area contributed by atoms with Crippen molar-refractivity contribution in [2.75, 3.05) is 6.61 Å². The van der Waals surface area contributed by atoms with Crippen molar-refractivity contribution >= 4 is 17.3 Å². The Kier molecular flexibility index (Phi) is 5.16. The summed E-state index contributed by atoms with van der Waals surface area (Å²) in [5, 5.41) is 48.7. The van der Waals surface area contributed by atoms with E-state index >= 15 is 0 Å². The van der Waals surface area contributed by atoms with Crippen LogP contribution in [0.4, 0.5) is 5.69 Å². The Morgan fingerprint density at radius 3 is 2.50 bits per heavy atom. The highest BCUT2D eigenvalue weighted by molar-refractivity contribution is 6.32. The van der Waals surface area contributed by atoms with E-state index in [-0.39, 0.29) is 16.5 Å².